The molecule has 0 atom stereocenters. The highest BCUT2D eigenvalue weighted by Gasteiger charge is 2.22. The molecule has 1 aliphatic carbocycles. The van der Waals surface area contributed by atoms with E-state index in [-0.39, 0.29) is 5.91 Å². The monoisotopic (exact) mass is 295 g/mol. The van der Waals surface area contributed by atoms with Crippen LogP contribution in [0.3, 0.4) is 0 Å². The predicted molar refractivity (Wildman–Crippen MR) is 83.3 cm³/mol. The Morgan fingerprint density at radius 2 is 2.20 bits per heavy atom. The van der Waals surface area contributed by atoms with E-state index in [2.05, 4.69) is 15.5 Å². The summed E-state index contributed by atoms with van der Waals surface area (Å²) < 4.78 is 0. The normalized spacial score (nSPS) is 14.2. The maximum atomic E-state index is 11.6. The zero-order valence-corrected chi connectivity index (χ0v) is 12.8. The summed E-state index contributed by atoms with van der Waals surface area (Å²) in [6.45, 7) is 3.92. The Morgan fingerprint density at radius 1 is 1.45 bits per heavy atom. The van der Waals surface area contributed by atoms with Crippen molar-refractivity contribution in [1.82, 2.24) is 10.6 Å². The Labute approximate surface area is 125 Å². The van der Waals surface area contributed by atoms with Crippen molar-refractivity contribution in [3.05, 3.63) is 28.8 Å². The molecule has 2 N–H and O–H groups in total. The molecule has 0 radical (unpaired) electrons. The third-order valence-corrected chi connectivity index (χ3v) is 3.93. The fraction of sp³-hybridized carbons (Fsp3) is 0.533. The van der Waals surface area contributed by atoms with E-state index in [1.807, 2.05) is 25.1 Å². The van der Waals surface area contributed by atoms with E-state index in [4.69, 9.17) is 11.6 Å². The fourth-order valence-corrected chi connectivity index (χ4v) is 2.41. The molecule has 0 heterocycles. The molecular formula is C15H22ClN3O. The molecule has 5 heteroatoms. The van der Waals surface area contributed by atoms with Gasteiger partial charge in [0.2, 0.25) is 5.91 Å². The summed E-state index contributed by atoms with van der Waals surface area (Å²) in [7, 11) is 1.66. The number of carbonyl (C=O) groups excluding carboxylic acids is 1. The molecule has 0 aromatic heterocycles. The van der Waals surface area contributed by atoms with Gasteiger partial charge in [0.15, 0.2) is 0 Å². The van der Waals surface area contributed by atoms with Gasteiger partial charge < -0.3 is 15.5 Å². The highest BCUT2D eigenvalue weighted by Crippen LogP contribution is 2.29. The van der Waals surface area contributed by atoms with Crippen LogP contribution in [0.15, 0.2) is 18.2 Å². The molecule has 0 spiro atoms. The largest absolute Gasteiger partial charge is 0.362 e. The Hall–Kier alpha value is -1.26. The molecule has 1 saturated carbocycles. The number of hydrogen-bond acceptors (Lipinski definition) is 3. The first-order valence-electron chi connectivity index (χ1n) is 7.12. The van der Waals surface area contributed by atoms with E-state index >= 15 is 0 Å². The van der Waals surface area contributed by atoms with Gasteiger partial charge in [-0.25, -0.2) is 0 Å². The highest BCUT2D eigenvalue weighted by atomic mass is 35.5. The number of likely N-dealkylation sites (N-methyl/N-ethyl adjacent to an activating group) is 2. The number of halogens is 1. The van der Waals surface area contributed by atoms with Crippen LogP contribution in [0.25, 0.3) is 0 Å². The Kier molecular flexibility index (Phi) is 5.26. The molecule has 20 heavy (non-hydrogen) atoms. The van der Waals surface area contributed by atoms with Crippen LogP contribution in [-0.4, -0.2) is 32.1 Å². The molecule has 110 valence electrons. The average molecular weight is 296 g/mol. The summed E-state index contributed by atoms with van der Waals surface area (Å²) in [5.74, 6) is 0.00734. The molecule has 0 unspecified atom stereocenters. The summed E-state index contributed by atoms with van der Waals surface area (Å²) in [6.07, 6.45) is 2.49. The molecular weight excluding hydrogens is 274 g/mol. The number of rotatable bonds is 7. The quantitative estimate of drug-likeness (QED) is 0.810. The van der Waals surface area contributed by atoms with Crippen molar-refractivity contribution in [2.45, 2.75) is 32.4 Å². The number of carbonyl (C=O) groups is 1. The minimum absolute atomic E-state index is 0.00734. The molecule has 1 amide bonds. The summed E-state index contributed by atoms with van der Waals surface area (Å²) in [6, 6.07) is 6.50. The van der Waals surface area contributed by atoms with Crippen LogP contribution < -0.4 is 15.5 Å². The zero-order valence-electron chi connectivity index (χ0n) is 12.1. The first-order chi connectivity index (χ1) is 9.65. The van der Waals surface area contributed by atoms with Gasteiger partial charge in [0.05, 0.1) is 6.54 Å². The van der Waals surface area contributed by atoms with E-state index in [0.717, 1.165) is 29.4 Å². The molecule has 0 aliphatic heterocycles. The van der Waals surface area contributed by atoms with Gasteiger partial charge in [-0.05, 0) is 31.9 Å². The maximum absolute atomic E-state index is 11.6. The summed E-state index contributed by atoms with van der Waals surface area (Å²) in [5, 5.41) is 6.91. The average Bonchev–Trinajstić information content (AvgIpc) is 3.27. The summed E-state index contributed by atoms with van der Waals surface area (Å²) in [4.78, 5) is 13.7. The second kappa shape index (κ2) is 6.95. The van der Waals surface area contributed by atoms with E-state index in [1.54, 1.807) is 7.05 Å². The number of nitrogens with zero attached hydrogens (tertiary/aromatic N) is 1. The van der Waals surface area contributed by atoms with Crippen LogP contribution in [0, 0.1) is 0 Å². The maximum Gasteiger partial charge on any atom is 0.239 e. The smallest absolute Gasteiger partial charge is 0.239 e. The van der Waals surface area contributed by atoms with Crippen molar-refractivity contribution in [2.24, 2.45) is 0 Å². The van der Waals surface area contributed by atoms with Gasteiger partial charge in [0.25, 0.3) is 0 Å². The third kappa shape index (κ3) is 3.87. The lowest BCUT2D eigenvalue weighted by molar-refractivity contribution is -0.119. The van der Waals surface area contributed by atoms with Gasteiger partial charge in [-0.15, -0.1) is 0 Å². The van der Waals surface area contributed by atoms with Crippen LogP contribution in [-0.2, 0) is 11.3 Å². The summed E-state index contributed by atoms with van der Waals surface area (Å²) >= 11 is 6.34. The predicted octanol–water partition coefficient (Wildman–Crippen LogP) is 2.16. The van der Waals surface area contributed by atoms with Gasteiger partial charge in [0.1, 0.15) is 0 Å². The van der Waals surface area contributed by atoms with Crippen LogP contribution in [0.4, 0.5) is 5.69 Å². The highest BCUT2D eigenvalue weighted by molar-refractivity contribution is 6.31. The lowest BCUT2D eigenvalue weighted by Gasteiger charge is -2.25. The molecule has 1 fully saturated rings. The number of hydrogen-bond donors (Lipinski definition) is 2. The minimum Gasteiger partial charge on any atom is -0.362 e. The molecule has 0 bridgehead atoms. The van der Waals surface area contributed by atoms with Crippen molar-refractivity contribution in [3.63, 3.8) is 0 Å². The molecule has 0 saturated heterocycles. The van der Waals surface area contributed by atoms with E-state index in [1.165, 1.54) is 12.8 Å². The third-order valence-electron chi connectivity index (χ3n) is 3.57. The van der Waals surface area contributed by atoms with Gasteiger partial charge >= 0.3 is 0 Å². The topological polar surface area (TPSA) is 44.4 Å². The van der Waals surface area contributed by atoms with Crippen molar-refractivity contribution in [1.29, 1.82) is 0 Å². The van der Waals surface area contributed by atoms with Crippen molar-refractivity contribution in [3.8, 4) is 0 Å². The lowest BCUT2D eigenvalue weighted by Crippen LogP contribution is -2.36. The van der Waals surface area contributed by atoms with Crippen molar-refractivity contribution >= 4 is 23.2 Å². The molecule has 4 nitrogen and oxygen atoms in total. The zero-order chi connectivity index (χ0) is 14.5. The van der Waals surface area contributed by atoms with Gasteiger partial charge in [-0.1, -0.05) is 17.7 Å². The second-order valence-electron chi connectivity index (χ2n) is 5.08. The standard InChI is InChI=1S/C15H22ClN3O/c1-3-19(10-15(20)17-2)14-6-4-5-13(16)12(14)9-18-11-7-8-11/h4-6,11,18H,3,7-10H2,1-2H3,(H,17,20). The van der Waals surface area contributed by atoms with Crippen LogP contribution in [0.2, 0.25) is 5.02 Å². The van der Waals surface area contributed by atoms with Gasteiger partial charge in [0, 0.05) is 42.5 Å². The van der Waals surface area contributed by atoms with Crippen LogP contribution in [0.1, 0.15) is 25.3 Å². The SMILES string of the molecule is CCN(CC(=O)NC)c1cccc(Cl)c1CNC1CC1. The lowest BCUT2D eigenvalue weighted by atomic mass is 10.1. The molecule has 1 aliphatic rings. The Morgan fingerprint density at radius 3 is 2.80 bits per heavy atom. The number of nitrogens with one attached hydrogen (secondary N) is 2. The van der Waals surface area contributed by atoms with E-state index < -0.39 is 0 Å². The second-order valence-corrected chi connectivity index (χ2v) is 5.49. The number of amides is 1. The molecule has 1 aromatic carbocycles. The van der Waals surface area contributed by atoms with Crippen molar-refractivity contribution < 1.29 is 4.79 Å². The first kappa shape index (κ1) is 15.1. The summed E-state index contributed by atoms with van der Waals surface area (Å²) in [5.41, 5.74) is 2.11. The van der Waals surface area contributed by atoms with Gasteiger partial charge in [-0.3, -0.25) is 4.79 Å². The molecule has 2 rings (SSSR count). The Balaban J connectivity index is 2.18. The van der Waals surface area contributed by atoms with Crippen LogP contribution in [0.5, 0.6) is 0 Å². The minimum atomic E-state index is 0.00734. The fourth-order valence-electron chi connectivity index (χ4n) is 2.17. The van der Waals surface area contributed by atoms with E-state index in [9.17, 15) is 4.79 Å². The Bertz CT molecular complexity index is 474. The van der Waals surface area contributed by atoms with Crippen molar-refractivity contribution in [2.75, 3.05) is 25.0 Å². The van der Waals surface area contributed by atoms with E-state index in [0.29, 0.717) is 12.6 Å². The van der Waals surface area contributed by atoms with Crippen LogP contribution >= 0.6 is 11.6 Å². The molecule has 1 aromatic rings. The first-order valence-corrected chi connectivity index (χ1v) is 7.49. The van der Waals surface area contributed by atoms with Gasteiger partial charge in [-0.2, -0.15) is 0 Å². The number of benzene rings is 1. The number of anilines is 1.